The van der Waals surface area contributed by atoms with E-state index in [-0.39, 0.29) is 23.2 Å². The van der Waals surface area contributed by atoms with Gasteiger partial charge in [0.1, 0.15) is 11.7 Å². The number of aryl methyl sites for hydroxylation is 1. The highest BCUT2D eigenvalue weighted by molar-refractivity contribution is 6.32. The van der Waals surface area contributed by atoms with Crippen LogP contribution in [0.25, 0.3) is 17.0 Å². The number of benzene rings is 2. The van der Waals surface area contributed by atoms with Crippen LogP contribution in [0.5, 0.6) is 0 Å². The van der Waals surface area contributed by atoms with E-state index in [1.165, 1.54) is 12.1 Å². The summed E-state index contributed by atoms with van der Waals surface area (Å²) in [6, 6.07) is 4.02. The minimum Gasteiger partial charge on any atom is -0.390 e. The average Bonchev–Trinajstić information content (AvgIpc) is 3.49. The van der Waals surface area contributed by atoms with Crippen molar-refractivity contribution in [2.45, 2.75) is 57.1 Å². The maximum atomic E-state index is 14.3. The zero-order valence-electron chi connectivity index (χ0n) is 22.3. The second kappa shape index (κ2) is 9.95. The van der Waals surface area contributed by atoms with Crippen LogP contribution in [-0.4, -0.2) is 45.0 Å². The minimum absolute atomic E-state index is 0.0392. The monoisotopic (exact) mass is 582 g/mol. The first kappa shape index (κ1) is 27.4. The minimum atomic E-state index is -1.53. The van der Waals surface area contributed by atoms with Crippen LogP contribution in [0, 0.1) is 24.0 Å². The van der Waals surface area contributed by atoms with Crippen LogP contribution in [0.1, 0.15) is 61.3 Å². The fourth-order valence-corrected chi connectivity index (χ4v) is 6.54. The molecule has 1 aliphatic heterocycles. The number of fused-ring (bicyclic) bond motifs is 4. The van der Waals surface area contributed by atoms with E-state index in [0.29, 0.717) is 29.8 Å². The molecule has 3 saturated carbocycles. The van der Waals surface area contributed by atoms with E-state index in [0.717, 1.165) is 52.8 Å². The number of aliphatic hydroxyl groups is 1. The number of aromatic nitrogens is 1. The Balaban J connectivity index is 1.31. The van der Waals surface area contributed by atoms with E-state index in [1.807, 2.05) is 6.92 Å². The SMILES string of the molecule is Cc1c(Cl)ccc2c(/C=C3\NC(=O)N(C(C(=O)NCC45CCC(O)(CC4)CC5)c4ccc(F)c(F)c4)C3=O)c[nH]c12. The van der Waals surface area contributed by atoms with Crippen molar-refractivity contribution in [2.75, 3.05) is 6.54 Å². The lowest BCUT2D eigenvalue weighted by molar-refractivity contribution is -0.135. The number of halogens is 3. The summed E-state index contributed by atoms with van der Waals surface area (Å²) >= 11 is 6.22. The van der Waals surface area contributed by atoms with Gasteiger partial charge in [0.2, 0.25) is 5.91 Å². The van der Waals surface area contributed by atoms with Gasteiger partial charge in [-0.1, -0.05) is 23.7 Å². The van der Waals surface area contributed by atoms with Gasteiger partial charge in [-0.3, -0.25) is 9.59 Å². The van der Waals surface area contributed by atoms with Gasteiger partial charge in [0, 0.05) is 28.7 Å². The van der Waals surface area contributed by atoms with E-state index < -0.39 is 41.1 Å². The highest BCUT2D eigenvalue weighted by atomic mass is 35.5. The number of nitrogens with zero attached hydrogens (tertiary/aromatic N) is 1. The number of urea groups is 1. The number of nitrogens with one attached hydrogen (secondary N) is 3. The van der Waals surface area contributed by atoms with Gasteiger partial charge in [-0.2, -0.15) is 0 Å². The Kier molecular flexibility index (Phi) is 6.66. The van der Waals surface area contributed by atoms with Crippen LogP contribution in [-0.2, 0) is 9.59 Å². The molecule has 2 heterocycles. The van der Waals surface area contributed by atoms with Crippen LogP contribution in [0.15, 0.2) is 42.2 Å². The number of hydrogen-bond donors (Lipinski definition) is 4. The summed E-state index contributed by atoms with van der Waals surface area (Å²) in [7, 11) is 0. The zero-order chi connectivity index (χ0) is 29.1. The predicted octanol–water partition coefficient (Wildman–Crippen LogP) is 5.24. The molecule has 214 valence electrons. The van der Waals surface area contributed by atoms with Gasteiger partial charge in [0.15, 0.2) is 11.6 Å². The van der Waals surface area contributed by atoms with Gasteiger partial charge in [-0.05, 0) is 86.3 Å². The zero-order valence-corrected chi connectivity index (χ0v) is 23.1. The van der Waals surface area contributed by atoms with E-state index >= 15 is 0 Å². The molecule has 1 atom stereocenters. The van der Waals surface area contributed by atoms with Gasteiger partial charge in [0.25, 0.3) is 5.91 Å². The Morgan fingerprint density at radius 2 is 1.83 bits per heavy atom. The smallest absolute Gasteiger partial charge is 0.330 e. The number of H-pyrrole nitrogens is 1. The highest BCUT2D eigenvalue weighted by Gasteiger charge is 2.48. The van der Waals surface area contributed by atoms with Gasteiger partial charge < -0.3 is 20.7 Å². The lowest BCUT2D eigenvalue weighted by atomic mass is 9.58. The summed E-state index contributed by atoms with van der Waals surface area (Å²) in [5.74, 6) is -3.78. The number of carbonyl (C=O) groups excluding carboxylic acids is 3. The summed E-state index contributed by atoms with van der Waals surface area (Å²) in [4.78, 5) is 44.3. The molecule has 0 radical (unpaired) electrons. The first-order chi connectivity index (χ1) is 19.5. The normalized spacial score (nSPS) is 25.7. The Labute approximate surface area is 239 Å². The molecule has 1 unspecified atom stereocenters. The van der Waals surface area contributed by atoms with Crippen molar-refractivity contribution in [3.8, 4) is 0 Å². The van der Waals surface area contributed by atoms with E-state index in [2.05, 4.69) is 15.6 Å². The van der Waals surface area contributed by atoms with Crippen molar-refractivity contribution in [3.63, 3.8) is 0 Å². The van der Waals surface area contributed by atoms with Crippen LogP contribution >= 0.6 is 11.6 Å². The van der Waals surface area contributed by atoms with E-state index in [9.17, 15) is 28.3 Å². The number of amides is 4. The number of carbonyl (C=O) groups is 3. The fourth-order valence-electron chi connectivity index (χ4n) is 6.38. The molecule has 0 spiro atoms. The quantitative estimate of drug-likeness (QED) is 0.235. The molecule has 41 heavy (non-hydrogen) atoms. The number of aromatic amines is 1. The van der Waals surface area contributed by atoms with Gasteiger partial charge >= 0.3 is 6.03 Å². The molecule has 4 aliphatic rings. The van der Waals surface area contributed by atoms with Crippen LogP contribution < -0.4 is 10.6 Å². The van der Waals surface area contributed by atoms with Crippen molar-refractivity contribution in [1.82, 2.24) is 20.5 Å². The Morgan fingerprint density at radius 3 is 2.51 bits per heavy atom. The maximum Gasteiger partial charge on any atom is 0.330 e. The van der Waals surface area contributed by atoms with Crippen LogP contribution in [0.3, 0.4) is 0 Å². The van der Waals surface area contributed by atoms with Crippen molar-refractivity contribution in [3.05, 3.63) is 75.6 Å². The molecule has 8 nitrogen and oxygen atoms in total. The molecular weight excluding hydrogens is 554 g/mol. The summed E-state index contributed by atoms with van der Waals surface area (Å²) in [5.41, 5.74) is 1.28. The summed E-state index contributed by atoms with van der Waals surface area (Å²) in [6.45, 7) is 2.14. The molecule has 11 heteroatoms. The molecule has 2 bridgehead atoms. The molecule has 1 aromatic heterocycles. The average molecular weight is 583 g/mol. The van der Waals surface area contributed by atoms with Gasteiger partial charge in [-0.25, -0.2) is 18.5 Å². The molecule has 1 saturated heterocycles. The molecule has 3 aromatic rings. The third-order valence-electron chi connectivity index (χ3n) is 9.06. The van der Waals surface area contributed by atoms with Crippen molar-refractivity contribution >= 4 is 46.4 Å². The van der Waals surface area contributed by atoms with Gasteiger partial charge in [0.05, 0.1) is 11.1 Å². The van der Waals surface area contributed by atoms with Gasteiger partial charge in [-0.15, -0.1) is 0 Å². The first-order valence-electron chi connectivity index (χ1n) is 13.6. The largest absolute Gasteiger partial charge is 0.390 e. The molecule has 2 aromatic carbocycles. The molecule has 4 N–H and O–H groups in total. The van der Waals surface area contributed by atoms with Crippen molar-refractivity contribution < 1.29 is 28.3 Å². The third-order valence-corrected chi connectivity index (χ3v) is 9.47. The maximum absolute atomic E-state index is 14.3. The van der Waals surface area contributed by atoms with Crippen LogP contribution in [0.4, 0.5) is 13.6 Å². The number of hydrogen-bond acceptors (Lipinski definition) is 4. The Hall–Kier alpha value is -3.76. The van der Waals surface area contributed by atoms with E-state index in [1.54, 1.807) is 18.3 Å². The summed E-state index contributed by atoms with van der Waals surface area (Å²) in [5, 5.41) is 17.3. The predicted molar refractivity (Wildman–Crippen MR) is 149 cm³/mol. The standard InChI is InChI=1S/C30H29ClF2N4O4/c1-16-20(31)4-3-19-18(14-34-24(16)19)13-23-27(39)37(28(40)36-23)25(17-2-5-21(32)22(33)12-17)26(38)35-15-29-6-9-30(41,10-7-29)11-8-29/h2-5,12-14,25,34,41H,6-11,15H2,1H3,(H,35,38)(H,36,40)/b23-13-. The second-order valence-corrected chi connectivity index (χ2v) is 11.9. The van der Waals surface area contributed by atoms with Crippen LogP contribution in [0.2, 0.25) is 5.02 Å². The highest BCUT2D eigenvalue weighted by Crippen LogP contribution is 2.52. The first-order valence-corrected chi connectivity index (χ1v) is 13.9. The molecular formula is C30H29ClF2N4O4. The molecule has 4 fully saturated rings. The molecule has 3 aliphatic carbocycles. The summed E-state index contributed by atoms with van der Waals surface area (Å²) in [6.07, 6.45) is 7.34. The fraction of sp³-hybridized carbons (Fsp3) is 0.367. The lowest BCUT2D eigenvalue weighted by Crippen LogP contribution is -2.52. The summed E-state index contributed by atoms with van der Waals surface area (Å²) < 4.78 is 28.1. The molecule has 4 amide bonds. The van der Waals surface area contributed by atoms with Crippen molar-refractivity contribution in [2.24, 2.45) is 5.41 Å². The Bertz CT molecular complexity index is 1610. The lowest BCUT2D eigenvalue weighted by Gasteiger charge is -2.51. The molecule has 7 rings (SSSR count). The third kappa shape index (κ3) is 4.78. The van der Waals surface area contributed by atoms with E-state index in [4.69, 9.17) is 11.6 Å². The number of imide groups is 1. The number of rotatable bonds is 6. The second-order valence-electron chi connectivity index (χ2n) is 11.5. The topological polar surface area (TPSA) is 115 Å². The Morgan fingerprint density at radius 1 is 1.12 bits per heavy atom. The van der Waals surface area contributed by atoms with Crippen molar-refractivity contribution in [1.29, 1.82) is 0 Å².